The highest BCUT2D eigenvalue weighted by Gasteiger charge is 2.78. The van der Waals surface area contributed by atoms with Gasteiger partial charge in [-0.2, -0.15) is 0 Å². The normalized spacial score (nSPS) is 28.0. The summed E-state index contributed by atoms with van der Waals surface area (Å²) in [5.74, 6) is -2.04. The third-order valence-corrected chi connectivity index (χ3v) is 11.5. The van der Waals surface area contributed by atoms with Crippen LogP contribution in [0.2, 0.25) is 0 Å². The number of ether oxygens (including phenoxy) is 1. The maximum atomic E-state index is 14.8. The van der Waals surface area contributed by atoms with E-state index < -0.39 is 33.4 Å². The van der Waals surface area contributed by atoms with Crippen molar-refractivity contribution in [1.29, 1.82) is 0 Å². The zero-order valence-corrected chi connectivity index (χ0v) is 26.9. The first-order valence-electron chi connectivity index (χ1n) is 15.7. The standard InChI is InChI=1S/C33H45N5O5S/c1-6-8-9-12-18-43-31(42)27-26-29(40)38(23(20-39)19-22(3)4)28(33(26)16-15-32(27,5)44-33)30(41)36(17-7-2)21-37-25-14-11-10-13-24(25)34-35-37/h6-7,10-11,13-14,22-23,26-28,39H,1-2,8-9,12,15-21H2,3-5H3/t23-,26+,27+,28?,32-,33?/m1/s1. The molecule has 0 aliphatic carbocycles. The Kier molecular flexibility index (Phi) is 9.55. The zero-order valence-electron chi connectivity index (χ0n) is 26.1. The summed E-state index contributed by atoms with van der Waals surface area (Å²) in [5.41, 5.74) is 1.51. The van der Waals surface area contributed by atoms with Crippen molar-refractivity contribution < 1.29 is 24.2 Å². The van der Waals surface area contributed by atoms with E-state index in [4.69, 9.17) is 4.74 Å². The number of allylic oxidation sites excluding steroid dienone is 1. The summed E-state index contributed by atoms with van der Waals surface area (Å²) in [6.45, 7) is 14.1. The summed E-state index contributed by atoms with van der Waals surface area (Å²) in [5, 5.41) is 19.2. The smallest absolute Gasteiger partial charge is 0.311 e. The van der Waals surface area contributed by atoms with Crippen LogP contribution < -0.4 is 0 Å². The van der Waals surface area contributed by atoms with Crippen LogP contribution in [0.3, 0.4) is 0 Å². The minimum Gasteiger partial charge on any atom is -0.465 e. The lowest BCUT2D eigenvalue weighted by atomic mass is 9.66. The Morgan fingerprint density at radius 2 is 2.00 bits per heavy atom. The first-order valence-corrected chi connectivity index (χ1v) is 16.5. The third kappa shape index (κ3) is 5.57. The van der Waals surface area contributed by atoms with Gasteiger partial charge in [-0.05, 0) is 63.5 Å². The van der Waals surface area contributed by atoms with Gasteiger partial charge in [0.25, 0.3) is 0 Å². The van der Waals surface area contributed by atoms with Crippen LogP contribution in [-0.2, 0) is 25.8 Å². The summed E-state index contributed by atoms with van der Waals surface area (Å²) in [4.78, 5) is 46.4. The van der Waals surface area contributed by atoms with Crippen LogP contribution in [0, 0.1) is 17.8 Å². The maximum absolute atomic E-state index is 14.8. The van der Waals surface area contributed by atoms with E-state index in [1.54, 1.807) is 32.3 Å². The average Bonchev–Trinajstić information content (AvgIpc) is 3.70. The van der Waals surface area contributed by atoms with Gasteiger partial charge in [0.1, 0.15) is 18.2 Å². The van der Waals surface area contributed by atoms with Crippen molar-refractivity contribution in [2.24, 2.45) is 17.8 Å². The number of amides is 2. The van der Waals surface area contributed by atoms with E-state index >= 15 is 0 Å². The number of aliphatic hydroxyl groups excluding tert-OH is 1. The van der Waals surface area contributed by atoms with Gasteiger partial charge < -0.3 is 19.6 Å². The molecular formula is C33H45N5O5S. The van der Waals surface area contributed by atoms with Gasteiger partial charge in [0.05, 0.1) is 41.4 Å². The van der Waals surface area contributed by atoms with E-state index in [0.29, 0.717) is 19.3 Å². The van der Waals surface area contributed by atoms with Gasteiger partial charge in [-0.3, -0.25) is 14.4 Å². The van der Waals surface area contributed by atoms with Crippen LogP contribution in [0.1, 0.15) is 59.3 Å². The van der Waals surface area contributed by atoms with Crippen molar-refractivity contribution in [3.05, 3.63) is 49.6 Å². The topological polar surface area (TPSA) is 118 Å². The molecule has 3 fully saturated rings. The molecule has 5 rings (SSSR count). The zero-order chi connectivity index (χ0) is 31.6. The summed E-state index contributed by atoms with van der Waals surface area (Å²) < 4.78 is 6.13. The molecule has 3 aliphatic heterocycles. The van der Waals surface area contributed by atoms with Crippen LogP contribution in [0.15, 0.2) is 49.6 Å². The Labute approximate surface area is 263 Å². The Morgan fingerprint density at radius 3 is 2.70 bits per heavy atom. The van der Waals surface area contributed by atoms with E-state index in [1.807, 2.05) is 51.1 Å². The Bertz CT molecular complexity index is 1410. The Morgan fingerprint density at radius 1 is 1.23 bits per heavy atom. The molecule has 0 saturated carbocycles. The van der Waals surface area contributed by atoms with Crippen molar-refractivity contribution in [2.45, 2.75) is 87.5 Å². The molecule has 3 saturated heterocycles. The number of para-hydroxylation sites is 1. The van der Waals surface area contributed by atoms with Crippen LogP contribution in [0.5, 0.6) is 0 Å². The summed E-state index contributed by atoms with van der Waals surface area (Å²) in [6, 6.07) is 6.13. The number of thioether (sulfide) groups is 1. The van der Waals surface area contributed by atoms with Gasteiger partial charge >= 0.3 is 5.97 Å². The largest absolute Gasteiger partial charge is 0.465 e. The molecule has 2 aromatic rings. The number of likely N-dealkylation sites (tertiary alicyclic amines) is 1. The Hall–Kier alpha value is -3.18. The van der Waals surface area contributed by atoms with Gasteiger partial charge in [0.15, 0.2) is 0 Å². The fourth-order valence-electron chi connectivity index (χ4n) is 7.60. The highest BCUT2D eigenvalue weighted by Crippen LogP contribution is 2.72. The molecule has 1 spiro atoms. The molecule has 1 aromatic heterocycles. The summed E-state index contributed by atoms with van der Waals surface area (Å²) in [7, 11) is 0. The highest BCUT2D eigenvalue weighted by atomic mass is 32.2. The molecule has 1 N–H and O–H groups in total. The second-order valence-corrected chi connectivity index (χ2v) is 14.9. The predicted molar refractivity (Wildman–Crippen MR) is 170 cm³/mol. The number of benzene rings is 1. The molecular weight excluding hydrogens is 578 g/mol. The number of carbonyl (C=O) groups excluding carboxylic acids is 3. The number of fused-ring (bicyclic) bond motifs is 2. The van der Waals surface area contributed by atoms with Crippen molar-refractivity contribution in [1.82, 2.24) is 24.8 Å². The molecule has 11 heteroatoms. The molecule has 238 valence electrons. The molecule has 0 radical (unpaired) electrons. The van der Waals surface area contributed by atoms with E-state index in [0.717, 1.165) is 30.3 Å². The maximum Gasteiger partial charge on any atom is 0.311 e. The molecule has 3 aliphatic rings. The van der Waals surface area contributed by atoms with Crippen LogP contribution in [0.4, 0.5) is 0 Å². The first-order chi connectivity index (χ1) is 21.1. The number of hydrogen-bond donors (Lipinski definition) is 1. The molecule has 2 bridgehead atoms. The minimum atomic E-state index is -0.858. The molecule has 4 heterocycles. The quantitative estimate of drug-likeness (QED) is 0.178. The molecule has 44 heavy (non-hydrogen) atoms. The summed E-state index contributed by atoms with van der Waals surface area (Å²) in [6.07, 6.45) is 7.80. The van der Waals surface area contributed by atoms with Crippen molar-refractivity contribution in [3.63, 3.8) is 0 Å². The number of carbonyl (C=O) groups is 3. The van der Waals surface area contributed by atoms with Crippen LogP contribution in [-0.4, -0.2) is 89.0 Å². The molecule has 2 unspecified atom stereocenters. The van der Waals surface area contributed by atoms with Crippen molar-refractivity contribution in [3.8, 4) is 0 Å². The average molecular weight is 624 g/mol. The molecule has 2 amide bonds. The number of aromatic nitrogens is 3. The number of aliphatic hydroxyl groups is 1. The van der Waals surface area contributed by atoms with Crippen LogP contribution in [0.25, 0.3) is 11.0 Å². The van der Waals surface area contributed by atoms with E-state index in [2.05, 4.69) is 23.5 Å². The monoisotopic (exact) mass is 623 g/mol. The number of unbranched alkanes of at least 4 members (excludes halogenated alkanes) is 2. The SMILES string of the molecule is C=CCCCCOC(=O)[C@@H]1[C@H]2C(=O)N([C@@H](CO)CC(C)C)C(C(=O)N(CC=C)Cn3nnc4ccccc43)C23CC[C@@]1(C)S3. The number of rotatable bonds is 15. The Balaban J connectivity index is 1.51. The van der Waals surface area contributed by atoms with E-state index in [9.17, 15) is 19.5 Å². The first kappa shape index (κ1) is 32.2. The number of esters is 1. The second kappa shape index (κ2) is 13.0. The lowest BCUT2D eigenvalue weighted by molar-refractivity contribution is -0.156. The molecule has 1 aromatic carbocycles. The molecule has 6 atom stereocenters. The summed E-state index contributed by atoms with van der Waals surface area (Å²) >= 11 is 1.61. The fraction of sp³-hybridized carbons (Fsp3) is 0.606. The number of hydrogen-bond acceptors (Lipinski definition) is 8. The third-order valence-electron chi connectivity index (χ3n) is 9.48. The minimum absolute atomic E-state index is 0.122. The van der Waals surface area contributed by atoms with Gasteiger partial charge in [0.2, 0.25) is 11.8 Å². The lowest BCUT2D eigenvalue weighted by Gasteiger charge is -2.40. The van der Waals surface area contributed by atoms with Crippen molar-refractivity contribution in [2.75, 3.05) is 19.8 Å². The second-order valence-electron chi connectivity index (χ2n) is 13.0. The van der Waals surface area contributed by atoms with Gasteiger partial charge in [-0.1, -0.05) is 43.3 Å². The molecule has 10 nitrogen and oxygen atoms in total. The fourth-order valence-corrected chi connectivity index (χ4v) is 9.92. The van der Waals surface area contributed by atoms with Gasteiger partial charge in [0, 0.05) is 11.3 Å². The predicted octanol–water partition coefficient (Wildman–Crippen LogP) is 4.19. The number of nitrogens with zero attached hydrogens (tertiary/aromatic N) is 5. The highest BCUT2D eigenvalue weighted by molar-refractivity contribution is 8.02. The van der Waals surface area contributed by atoms with Crippen molar-refractivity contribution >= 4 is 40.6 Å². The van der Waals surface area contributed by atoms with E-state index in [-0.39, 0.29) is 50.1 Å². The van der Waals surface area contributed by atoms with E-state index in [1.165, 1.54) is 0 Å². The van der Waals surface area contributed by atoms with Gasteiger partial charge in [-0.25, -0.2) is 4.68 Å². The lowest BCUT2D eigenvalue weighted by Crippen LogP contribution is -2.57. The van der Waals surface area contributed by atoms with Gasteiger partial charge in [-0.15, -0.1) is 30.0 Å². The van der Waals surface area contributed by atoms with Crippen LogP contribution >= 0.6 is 11.8 Å².